The van der Waals surface area contributed by atoms with Crippen LogP contribution in [-0.4, -0.2) is 39.1 Å². The zero-order valence-electron chi connectivity index (χ0n) is 16.5. The van der Waals surface area contributed by atoms with Crippen LogP contribution in [-0.2, 0) is 16.1 Å². The first-order valence-corrected chi connectivity index (χ1v) is 10.0. The number of nitrogens with one attached hydrogen (secondary N) is 1. The van der Waals surface area contributed by atoms with Gasteiger partial charge in [0, 0.05) is 44.0 Å². The average molecular weight is 405 g/mol. The molecule has 8 heteroatoms. The van der Waals surface area contributed by atoms with Crippen molar-refractivity contribution in [3.63, 3.8) is 0 Å². The molecule has 0 saturated carbocycles. The van der Waals surface area contributed by atoms with E-state index in [1.807, 2.05) is 30.3 Å². The van der Waals surface area contributed by atoms with Crippen molar-refractivity contribution in [2.75, 3.05) is 18.0 Å². The summed E-state index contributed by atoms with van der Waals surface area (Å²) >= 11 is 0. The molecule has 0 spiro atoms. The van der Waals surface area contributed by atoms with Crippen molar-refractivity contribution in [2.24, 2.45) is 0 Å². The molecule has 1 aliphatic heterocycles. The molecule has 0 bridgehead atoms. The van der Waals surface area contributed by atoms with Gasteiger partial charge < -0.3 is 10.2 Å². The summed E-state index contributed by atoms with van der Waals surface area (Å²) in [6, 6.07) is 13.0. The number of hydrogen-bond donors (Lipinski definition) is 1. The van der Waals surface area contributed by atoms with Crippen molar-refractivity contribution < 1.29 is 9.59 Å². The van der Waals surface area contributed by atoms with Crippen LogP contribution in [0, 0.1) is 0 Å². The van der Waals surface area contributed by atoms with Crippen molar-refractivity contribution >= 4 is 29.2 Å². The van der Waals surface area contributed by atoms with Gasteiger partial charge >= 0.3 is 5.69 Å². The van der Waals surface area contributed by atoms with E-state index in [9.17, 15) is 14.4 Å². The molecule has 2 aromatic heterocycles. The number of anilines is 1. The molecule has 0 unspecified atom stereocenters. The summed E-state index contributed by atoms with van der Waals surface area (Å²) in [6.07, 6.45) is 7.00. The van der Waals surface area contributed by atoms with Crippen LogP contribution in [0.3, 0.4) is 0 Å². The van der Waals surface area contributed by atoms with Gasteiger partial charge in [-0.2, -0.15) is 0 Å². The quantitative estimate of drug-likeness (QED) is 0.480. The highest BCUT2D eigenvalue weighted by atomic mass is 16.2. The summed E-state index contributed by atoms with van der Waals surface area (Å²) in [5.74, 6) is -0.0419. The van der Waals surface area contributed by atoms with Gasteiger partial charge in [-0.25, -0.2) is 9.48 Å². The molecular weight excluding hydrogens is 382 g/mol. The van der Waals surface area contributed by atoms with Crippen LogP contribution in [0.25, 0.3) is 11.7 Å². The molecule has 1 aromatic carbocycles. The second kappa shape index (κ2) is 8.77. The first-order chi connectivity index (χ1) is 14.6. The predicted molar refractivity (Wildman–Crippen MR) is 114 cm³/mol. The Hall–Kier alpha value is -3.68. The number of aromatic nitrogens is 3. The molecule has 3 heterocycles. The summed E-state index contributed by atoms with van der Waals surface area (Å²) in [4.78, 5) is 37.8. The maximum atomic E-state index is 12.2. The number of pyridine rings is 1. The van der Waals surface area contributed by atoms with Gasteiger partial charge in [0.2, 0.25) is 11.8 Å². The van der Waals surface area contributed by atoms with Crippen molar-refractivity contribution in [2.45, 2.75) is 25.8 Å². The Morgan fingerprint density at radius 3 is 2.70 bits per heavy atom. The van der Waals surface area contributed by atoms with Gasteiger partial charge in [-0.05, 0) is 48.7 Å². The number of fused-ring (bicyclic) bond motifs is 1. The summed E-state index contributed by atoms with van der Waals surface area (Å²) in [5, 5.41) is 7.07. The maximum Gasteiger partial charge on any atom is 0.350 e. The Morgan fingerprint density at radius 1 is 1.13 bits per heavy atom. The summed E-state index contributed by atoms with van der Waals surface area (Å²) < 4.78 is 2.90. The highest BCUT2D eigenvalue weighted by Crippen LogP contribution is 2.21. The van der Waals surface area contributed by atoms with Gasteiger partial charge in [-0.3, -0.25) is 14.0 Å². The molecule has 0 radical (unpaired) electrons. The molecule has 154 valence electrons. The molecule has 1 saturated heterocycles. The average Bonchev–Trinajstić information content (AvgIpc) is 3.33. The van der Waals surface area contributed by atoms with Crippen LogP contribution in [0.2, 0.25) is 0 Å². The molecule has 2 amide bonds. The lowest BCUT2D eigenvalue weighted by Crippen LogP contribution is -2.26. The minimum Gasteiger partial charge on any atom is -0.352 e. The standard InChI is InChI=1S/C22H23N5O3/c28-20(12-9-17-7-10-18(11-8-17)25-15-3-6-21(25)29)23-13-4-16-27-22(30)26-14-2-1-5-19(26)24-27/h1-2,5,7-12,14H,3-4,6,13,15-16H2,(H,23,28). The van der Waals surface area contributed by atoms with Gasteiger partial charge in [0.1, 0.15) is 0 Å². The Morgan fingerprint density at radius 2 is 1.97 bits per heavy atom. The second-order valence-electron chi connectivity index (χ2n) is 7.15. The fraction of sp³-hybridized carbons (Fsp3) is 0.273. The number of rotatable bonds is 7. The summed E-state index contributed by atoms with van der Waals surface area (Å²) in [6.45, 7) is 1.64. The SMILES string of the molecule is O=C(C=Cc1ccc(N2CCCC2=O)cc1)NCCCn1nc2ccccn2c1=O. The van der Waals surface area contributed by atoms with Gasteiger partial charge in [0.05, 0.1) is 0 Å². The Kier molecular flexibility index (Phi) is 5.74. The third kappa shape index (κ3) is 4.32. The van der Waals surface area contributed by atoms with Gasteiger partial charge in [-0.1, -0.05) is 18.2 Å². The van der Waals surface area contributed by atoms with E-state index in [2.05, 4.69) is 10.4 Å². The van der Waals surface area contributed by atoms with E-state index in [-0.39, 0.29) is 17.5 Å². The first kappa shape index (κ1) is 19.6. The van der Waals surface area contributed by atoms with E-state index in [0.717, 1.165) is 24.2 Å². The van der Waals surface area contributed by atoms with Crippen LogP contribution in [0.5, 0.6) is 0 Å². The first-order valence-electron chi connectivity index (χ1n) is 10.0. The molecule has 8 nitrogen and oxygen atoms in total. The van der Waals surface area contributed by atoms with Crippen LogP contribution in [0.1, 0.15) is 24.8 Å². The molecule has 30 heavy (non-hydrogen) atoms. The molecule has 0 atom stereocenters. The number of carbonyl (C=O) groups is 2. The number of carbonyl (C=O) groups excluding carboxylic acids is 2. The minimum atomic E-state index is -0.198. The lowest BCUT2D eigenvalue weighted by atomic mass is 10.2. The van der Waals surface area contributed by atoms with E-state index in [1.54, 1.807) is 29.3 Å². The van der Waals surface area contributed by atoms with Gasteiger partial charge in [0.25, 0.3) is 0 Å². The zero-order valence-corrected chi connectivity index (χ0v) is 16.5. The fourth-order valence-corrected chi connectivity index (χ4v) is 3.47. The van der Waals surface area contributed by atoms with E-state index in [4.69, 9.17) is 0 Å². The smallest absolute Gasteiger partial charge is 0.350 e. The van der Waals surface area contributed by atoms with E-state index >= 15 is 0 Å². The van der Waals surface area contributed by atoms with Crippen molar-refractivity contribution in [3.05, 3.63) is 70.8 Å². The molecule has 1 fully saturated rings. The zero-order chi connectivity index (χ0) is 20.9. The fourth-order valence-electron chi connectivity index (χ4n) is 3.47. The van der Waals surface area contributed by atoms with Crippen LogP contribution in [0.15, 0.2) is 59.5 Å². The van der Waals surface area contributed by atoms with Gasteiger partial charge in [0.15, 0.2) is 5.65 Å². The number of hydrogen-bond acceptors (Lipinski definition) is 4. The van der Waals surface area contributed by atoms with Crippen molar-refractivity contribution in [1.29, 1.82) is 0 Å². The summed E-state index contributed by atoms with van der Waals surface area (Å²) in [7, 11) is 0. The van der Waals surface area contributed by atoms with Crippen LogP contribution < -0.4 is 15.9 Å². The Balaban J connectivity index is 1.24. The van der Waals surface area contributed by atoms with Crippen molar-refractivity contribution in [1.82, 2.24) is 19.5 Å². The largest absolute Gasteiger partial charge is 0.352 e. The monoisotopic (exact) mass is 405 g/mol. The molecular formula is C22H23N5O3. The van der Waals surface area contributed by atoms with Gasteiger partial charge in [-0.15, -0.1) is 5.10 Å². The van der Waals surface area contributed by atoms with Crippen molar-refractivity contribution in [3.8, 4) is 0 Å². The number of nitrogens with zero attached hydrogens (tertiary/aromatic N) is 4. The van der Waals surface area contributed by atoms with E-state index in [0.29, 0.717) is 31.6 Å². The molecule has 3 aromatic rings. The normalized spacial score (nSPS) is 14.1. The molecule has 0 aliphatic carbocycles. The predicted octanol–water partition coefficient (Wildman–Crippen LogP) is 1.84. The lowest BCUT2D eigenvalue weighted by molar-refractivity contribution is -0.117. The Bertz CT molecular complexity index is 1140. The molecule has 1 aliphatic rings. The van der Waals surface area contributed by atoms with Crippen LogP contribution >= 0.6 is 0 Å². The molecule has 4 rings (SSSR count). The second-order valence-corrected chi connectivity index (χ2v) is 7.15. The Labute approximate surface area is 173 Å². The number of benzene rings is 1. The third-order valence-electron chi connectivity index (χ3n) is 5.04. The number of aryl methyl sites for hydroxylation is 1. The third-order valence-corrected chi connectivity index (χ3v) is 5.04. The summed E-state index contributed by atoms with van der Waals surface area (Å²) in [5.41, 5.74) is 2.20. The minimum absolute atomic E-state index is 0.156. The van der Waals surface area contributed by atoms with E-state index < -0.39 is 0 Å². The highest BCUT2D eigenvalue weighted by molar-refractivity contribution is 5.95. The molecule has 1 N–H and O–H groups in total. The number of amides is 2. The van der Waals surface area contributed by atoms with Crippen LogP contribution in [0.4, 0.5) is 5.69 Å². The highest BCUT2D eigenvalue weighted by Gasteiger charge is 2.21. The topological polar surface area (TPSA) is 88.7 Å². The lowest BCUT2D eigenvalue weighted by Gasteiger charge is -2.15. The maximum absolute atomic E-state index is 12.2. The van der Waals surface area contributed by atoms with E-state index in [1.165, 1.54) is 15.2 Å².